The zero-order chi connectivity index (χ0) is 20.7. The highest BCUT2D eigenvalue weighted by atomic mass is 19.4. The first-order chi connectivity index (χ1) is 13.0. The monoisotopic (exact) mass is 406 g/mol. The predicted molar refractivity (Wildman–Crippen MR) is 87.2 cm³/mol. The zero-order valence-corrected chi connectivity index (χ0v) is 14.4. The van der Waals surface area contributed by atoms with E-state index in [4.69, 9.17) is 5.73 Å². The average molecular weight is 406 g/mol. The molecule has 1 aromatic heterocycles. The fourth-order valence-corrected chi connectivity index (χ4v) is 3.26. The van der Waals surface area contributed by atoms with Crippen LogP contribution >= 0.6 is 0 Å². The van der Waals surface area contributed by atoms with Crippen molar-refractivity contribution in [2.75, 3.05) is 11.4 Å². The van der Waals surface area contributed by atoms with Crippen molar-refractivity contribution in [2.24, 2.45) is 5.73 Å². The van der Waals surface area contributed by atoms with Gasteiger partial charge in [-0.25, -0.2) is 4.68 Å². The summed E-state index contributed by atoms with van der Waals surface area (Å²) in [4.78, 5) is 12.9. The molecule has 0 spiro atoms. The number of nitrogens with zero attached hydrogens (tertiary/aromatic N) is 3. The molecule has 28 heavy (non-hydrogen) atoms. The summed E-state index contributed by atoms with van der Waals surface area (Å²) >= 11 is 0. The second kappa shape index (κ2) is 7.02. The molecule has 0 fully saturated rings. The Morgan fingerprint density at radius 3 is 2.21 bits per heavy atom. The van der Waals surface area contributed by atoms with E-state index in [1.165, 1.54) is 16.8 Å². The molecule has 0 saturated carbocycles. The largest absolute Gasteiger partial charge is 0.435 e. The highest BCUT2D eigenvalue weighted by Crippen LogP contribution is 2.38. The minimum absolute atomic E-state index is 0.0763. The molecule has 11 heteroatoms. The number of anilines is 1. The number of halogens is 6. The van der Waals surface area contributed by atoms with Gasteiger partial charge in [-0.3, -0.25) is 4.79 Å². The van der Waals surface area contributed by atoms with Crippen molar-refractivity contribution >= 4 is 11.7 Å². The Kier molecular flexibility index (Phi) is 5.02. The third-order valence-corrected chi connectivity index (χ3v) is 4.39. The lowest BCUT2D eigenvalue weighted by molar-refractivity contribution is -0.142. The van der Waals surface area contributed by atoms with E-state index in [0.717, 1.165) is 12.1 Å². The second-order valence-corrected chi connectivity index (χ2v) is 6.48. The van der Waals surface area contributed by atoms with Gasteiger partial charge < -0.3 is 10.6 Å². The second-order valence-electron chi connectivity index (χ2n) is 6.48. The number of aromatic nitrogens is 2. The molecular weight excluding hydrogens is 390 g/mol. The Bertz CT molecular complexity index is 869. The minimum Gasteiger partial charge on any atom is -0.369 e. The summed E-state index contributed by atoms with van der Waals surface area (Å²) in [6.45, 7) is 0.684. The van der Waals surface area contributed by atoms with Crippen molar-refractivity contribution in [2.45, 2.75) is 38.3 Å². The maximum atomic E-state index is 13.3. The number of hydrogen-bond acceptors (Lipinski definition) is 3. The number of primary amides is 1. The van der Waals surface area contributed by atoms with Gasteiger partial charge in [0.15, 0.2) is 5.69 Å². The molecule has 0 atom stereocenters. The van der Waals surface area contributed by atoms with Crippen LogP contribution < -0.4 is 10.6 Å². The maximum Gasteiger partial charge on any atom is 0.435 e. The minimum atomic E-state index is -4.75. The van der Waals surface area contributed by atoms with Crippen LogP contribution in [0, 0.1) is 0 Å². The quantitative estimate of drug-likeness (QED) is 0.792. The summed E-state index contributed by atoms with van der Waals surface area (Å²) in [6, 6.07) is 4.39. The van der Waals surface area contributed by atoms with Crippen LogP contribution in [0.5, 0.6) is 0 Å². The molecule has 2 heterocycles. The van der Waals surface area contributed by atoms with E-state index in [2.05, 4.69) is 5.10 Å². The third-order valence-electron chi connectivity index (χ3n) is 4.39. The maximum absolute atomic E-state index is 13.3. The number of amides is 1. The number of carbonyl (C=O) groups is 1. The summed E-state index contributed by atoms with van der Waals surface area (Å²) < 4.78 is 79.3. The fraction of sp³-hybridized carbons (Fsp3) is 0.412. The van der Waals surface area contributed by atoms with Crippen LogP contribution in [0.1, 0.15) is 28.8 Å². The molecule has 0 aliphatic carbocycles. The number of benzene rings is 1. The van der Waals surface area contributed by atoms with E-state index in [9.17, 15) is 31.1 Å². The highest BCUT2D eigenvalue weighted by molar-refractivity contribution is 5.79. The molecule has 2 N–H and O–H groups in total. The van der Waals surface area contributed by atoms with E-state index in [1.54, 1.807) is 4.90 Å². The molecule has 152 valence electrons. The van der Waals surface area contributed by atoms with Gasteiger partial charge in [-0.2, -0.15) is 31.4 Å². The van der Waals surface area contributed by atoms with Gasteiger partial charge in [0.1, 0.15) is 5.82 Å². The lowest BCUT2D eigenvalue weighted by atomic mass is 10.1. The van der Waals surface area contributed by atoms with E-state index in [-0.39, 0.29) is 24.5 Å². The summed E-state index contributed by atoms with van der Waals surface area (Å²) in [6.07, 6.45) is -9.36. The summed E-state index contributed by atoms with van der Waals surface area (Å²) in [5.74, 6) is -0.807. The first-order valence-electron chi connectivity index (χ1n) is 8.33. The molecule has 0 radical (unpaired) electrons. The third kappa shape index (κ3) is 4.07. The summed E-state index contributed by atoms with van der Waals surface area (Å²) in [7, 11) is 0. The molecule has 1 aliphatic heterocycles. The molecule has 0 unspecified atom stereocenters. The van der Waals surface area contributed by atoms with Gasteiger partial charge in [-0.1, -0.05) is 12.1 Å². The Morgan fingerprint density at radius 2 is 1.68 bits per heavy atom. The normalized spacial score (nSPS) is 14.9. The van der Waals surface area contributed by atoms with Gasteiger partial charge >= 0.3 is 12.4 Å². The van der Waals surface area contributed by atoms with E-state index >= 15 is 0 Å². The van der Waals surface area contributed by atoms with Crippen molar-refractivity contribution in [3.63, 3.8) is 0 Å². The van der Waals surface area contributed by atoms with Gasteiger partial charge in [-0.15, -0.1) is 0 Å². The number of alkyl halides is 6. The summed E-state index contributed by atoms with van der Waals surface area (Å²) in [5.41, 5.74) is 3.31. The van der Waals surface area contributed by atoms with Crippen LogP contribution in [0.3, 0.4) is 0 Å². The Balaban J connectivity index is 1.96. The predicted octanol–water partition coefficient (Wildman–Crippen LogP) is 3.36. The van der Waals surface area contributed by atoms with Gasteiger partial charge in [0.2, 0.25) is 5.91 Å². The number of carbonyl (C=O) groups excluding carboxylic acids is 1. The lowest BCUT2D eigenvalue weighted by Crippen LogP contribution is -2.33. The molecule has 0 bridgehead atoms. The number of hydrogen-bond donors (Lipinski definition) is 1. The first kappa shape index (κ1) is 20.0. The highest BCUT2D eigenvalue weighted by Gasteiger charge is 2.41. The van der Waals surface area contributed by atoms with Crippen LogP contribution in [0.25, 0.3) is 0 Å². The average Bonchev–Trinajstić information content (AvgIpc) is 2.94. The number of nitrogens with two attached hydrogens (primary N) is 1. The Hall–Kier alpha value is -2.72. The Morgan fingerprint density at radius 1 is 1.04 bits per heavy atom. The van der Waals surface area contributed by atoms with Crippen molar-refractivity contribution in [3.8, 4) is 0 Å². The molecule has 1 aliphatic rings. The van der Waals surface area contributed by atoms with Crippen LogP contribution in [-0.2, 0) is 36.7 Å². The van der Waals surface area contributed by atoms with Crippen LogP contribution in [0.4, 0.5) is 32.2 Å². The van der Waals surface area contributed by atoms with Crippen molar-refractivity contribution < 1.29 is 31.1 Å². The van der Waals surface area contributed by atoms with Crippen molar-refractivity contribution in [3.05, 3.63) is 46.6 Å². The molecule has 2 aromatic rings. The molecule has 1 aromatic carbocycles. The van der Waals surface area contributed by atoms with Gasteiger partial charge in [0.25, 0.3) is 0 Å². The first-order valence-corrected chi connectivity index (χ1v) is 8.33. The Labute approximate surface area is 155 Å². The standard InChI is InChI=1S/C17H16F6N4O/c18-16(19,20)11-4-2-10(3-5-11)9-26-6-1-7-27-15(26)12(8-13(24)28)14(25-27)17(21,22)23/h2-5H,1,6-9H2,(H2,24,28). The van der Waals surface area contributed by atoms with E-state index in [1.807, 2.05) is 0 Å². The molecule has 5 nitrogen and oxygen atoms in total. The molecule has 3 rings (SSSR count). The topological polar surface area (TPSA) is 64.2 Å². The van der Waals surface area contributed by atoms with Crippen molar-refractivity contribution in [1.29, 1.82) is 0 Å². The molecule has 0 saturated heterocycles. The van der Waals surface area contributed by atoms with Gasteiger partial charge in [0.05, 0.1) is 12.0 Å². The lowest BCUT2D eigenvalue weighted by Gasteiger charge is -2.30. The number of fused-ring (bicyclic) bond motifs is 1. The van der Waals surface area contributed by atoms with Gasteiger partial charge in [0, 0.05) is 25.2 Å². The zero-order valence-electron chi connectivity index (χ0n) is 14.4. The van der Waals surface area contributed by atoms with E-state index < -0.39 is 35.9 Å². The van der Waals surface area contributed by atoms with Crippen LogP contribution in [0.2, 0.25) is 0 Å². The number of aryl methyl sites for hydroxylation is 1. The SMILES string of the molecule is NC(=O)Cc1c(C(F)(F)F)nn2c1N(Cc1ccc(C(F)(F)F)cc1)CCC2. The smallest absolute Gasteiger partial charge is 0.369 e. The van der Waals surface area contributed by atoms with E-state index in [0.29, 0.717) is 18.5 Å². The van der Waals surface area contributed by atoms with Crippen LogP contribution in [-0.4, -0.2) is 22.2 Å². The molecule has 1 amide bonds. The summed E-state index contributed by atoms with van der Waals surface area (Å²) in [5, 5.41) is 3.61. The van der Waals surface area contributed by atoms with Crippen LogP contribution in [0.15, 0.2) is 24.3 Å². The van der Waals surface area contributed by atoms with Crippen molar-refractivity contribution in [1.82, 2.24) is 9.78 Å². The van der Waals surface area contributed by atoms with Gasteiger partial charge in [-0.05, 0) is 24.1 Å². The fourth-order valence-electron chi connectivity index (χ4n) is 3.26. The number of rotatable bonds is 4. The molecular formula is C17H16F6N4O.